The van der Waals surface area contributed by atoms with Crippen molar-refractivity contribution in [3.05, 3.63) is 42.0 Å². The van der Waals surface area contributed by atoms with E-state index < -0.39 is 0 Å². The molecule has 0 atom stereocenters. The molecule has 0 saturated heterocycles. The molecule has 0 amide bonds. The highest BCUT2D eigenvalue weighted by Gasteiger charge is 2.18. The molecule has 2 heteroatoms. The smallest absolute Gasteiger partial charge is 0.308 e. The Morgan fingerprint density at radius 2 is 1.74 bits per heavy atom. The van der Waals surface area contributed by atoms with Crippen molar-refractivity contribution in [3.63, 3.8) is 0 Å². The average molecular weight is 256 g/mol. The Bertz CT molecular complexity index is 612. The number of carbonyl (C=O) groups is 1. The van der Waals surface area contributed by atoms with E-state index in [1.54, 1.807) is 0 Å². The number of carbonyl (C=O) groups excluding carboxylic acids is 1. The van der Waals surface area contributed by atoms with Gasteiger partial charge in [0, 0.05) is 6.92 Å². The number of hydrogen-bond donors (Lipinski definition) is 0. The normalized spacial score (nSPS) is 11.6. The second-order valence-corrected chi connectivity index (χ2v) is 5.55. The Kier molecular flexibility index (Phi) is 3.61. The molecule has 19 heavy (non-hydrogen) atoms. The van der Waals surface area contributed by atoms with Crippen LogP contribution in [0.15, 0.2) is 36.4 Å². The lowest BCUT2D eigenvalue weighted by Gasteiger charge is -2.23. The van der Waals surface area contributed by atoms with Crippen LogP contribution in [0.25, 0.3) is 10.8 Å². The molecule has 0 bridgehead atoms. The minimum atomic E-state index is -0.289. The maximum Gasteiger partial charge on any atom is 0.308 e. The van der Waals surface area contributed by atoms with Crippen LogP contribution in [0, 0.1) is 0 Å². The van der Waals surface area contributed by atoms with Gasteiger partial charge in [0.2, 0.25) is 0 Å². The minimum Gasteiger partial charge on any atom is -0.427 e. The van der Waals surface area contributed by atoms with E-state index in [-0.39, 0.29) is 11.4 Å². The summed E-state index contributed by atoms with van der Waals surface area (Å²) in [4.78, 5) is 11.0. The number of hydrogen-bond acceptors (Lipinski definition) is 2. The number of rotatable bonds is 3. The van der Waals surface area contributed by atoms with Gasteiger partial charge in [-0.25, -0.2) is 0 Å². The predicted octanol–water partition coefficient (Wildman–Crippen LogP) is 4.45. The summed E-state index contributed by atoms with van der Waals surface area (Å²) in [5.74, 6) is 0.311. The maximum absolute atomic E-state index is 11.0. The summed E-state index contributed by atoms with van der Waals surface area (Å²) in [6.45, 7) is 8.12. The van der Waals surface area contributed by atoms with Crippen molar-refractivity contribution in [2.45, 2.75) is 39.5 Å². The molecule has 2 nitrogen and oxygen atoms in total. The van der Waals surface area contributed by atoms with E-state index in [1.165, 1.54) is 17.9 Å². The van der Waals surface area contributed by atoms with Crippen LogP contribution >= 0.6 is 0 Å². The molecular weight excluding hydrogens is 236 g/mol. The zero-order chi connectivity index (χ0) is 14.0. The van der Waals surface area contributed by atoms with Crippen molar-refractivity contribution in [1.82, 2.24) is 0 Å². The molecule has 0 aliphatic carbocycles. The highest BCUT2D eigenvalue weighted by atomic mass is 16.5. The molecule has 0 aliphatic heterocycles. The third kappa shape index (κ3) is 2.95. The first-order valence-corrected chi connectivity index (χ1v) is 6.65. The third-order valence-corrected chi connectivity index (χ3v) is 3.74. The summed E-state index contributed by atoms with van der Waals surface area (Å²) >= 11 is 0. The molecule has 0 aromatic heterocycles. The van der Waals surface area contributed by atoms with Gasteiger partial charge in [0.25, 0.3) is 0 Å². The highest BCUT2D eigenvalue weighted by Crippen LogP contribution is 2.30. The SMILES string of the molecule is CCC(C)(C)c1ccc2cc(OC(C)=O)ccc2c1. The zero-order valence-corrected chi connectivity index (χ0v) is 12.0. The summed E-state index contributed by atoms with van der Waals surface area (Å²) in [7, 11) is 0. The van der Waals surface area contributed by atoms with Gasteiger partial charge in [-0.3, -0.25) is 4.79 Å². The fourth-order valence-electron chi connectivity index (χ4n) is 2.08. The second kappa shape index (κ2) is 5.04. The number of esters is 1. The van der Waals surface area contributed by atoms with Crippen molar-refractivity contribution in [1.29, 1.82) is 0 Å². The molecule has 2 rings (SSSR count). The van der Waals surface area contributed by atoms with Crippen LogP contribution in [0.1, 0.15) is 39.7 Å². The molecule has 0 spiro atoms. The lowest BCUT2D eigenvalue weighted by atomic mass is 9.81. The topological polar surface area (TPSA) is 26.3 Å². The number of fused-ring (bicyclic) bond motifs is 1. The Morgan fingerprint density at radius 1 is 1.11 bits per heavy atom. The lowest BCUT2D eigenvalue weighted by Crippen LogP contribution is -2.15. The van der Waals surface area contributed by atoms with E-state index in [0.29, 0.717) is 5.75 Å². The largest absolute Gasteiger partial charge is 0.427 e. The van der Waals surface area contributed by atoms with Crippen molar-refractivity contribution < 1.29 is 9.53 Å². The highest BCUT2D eigenvalue weighted by molar-refractivity contribution is 5.85. The fraction of sp³-hybridized carbons (Fsp3) is 0.353. The van der Waals surface area contributed by atoms with E-state index in [1.807, 2.05) is 18.2 Å². The molecule has 0 aliphatic rings. The van der Waals surface area contributed by atoms with Crippen LogP contribution in [-0.4, -0.2) is 5.97 Å². The van der Waals surface area contributed by atoms with Gasteiger partial charge < -0.3 is 4.74 Å². The second-order valence-electron chi connectivity index (χ2n) is 5.55. The zero-order valence-electron chi connectivity index (χ0n) is 12.0. The average Bonchev–Trinajstić information content (AvgIpc) is 2.37. The quantitative estimate of drug-likeness (QED) is 0.599. The molecule has 0 fully saturated rings. The molecular formula is C17H20O2. The summed E-state index contributed by atoms with van der Waals surface area (Å²) in [5, 5.41) is 2.27. The van der Waals surface area contributed by atoms with Crippen LogP contribution < -0.4 is 4.74 Å². The summed E-state index contributed by atoms with van der Waals surface area (Å²) in [6.07, 6.45) is 1.10. The van der Waals surface area contributed by atoms with E-state index in [4.69, 9.17) is 4.74 Å². The van der Waals surface area contributed by atoms with E-state index in [9.17, 15) is 4.79 Å². The molecule has 0 saturated carbocycles. The first-order valence-electron chi connectivity index (χ1n) is 6.65. The van der Waals surface area contributed by atoms with E-state index >= 15 is 0 Å². The summed E-state index contributed by atoms with van der Waals surface area (Å²) in [6, 6.07) is 12.2. The third-order valence-electron chi connectivity index (χ3n) is 3.74. The molecule has 0 N–H and O–H groups in total. The van der Waals surface area contributed by atoms with Gasteiger partial charge in [0.05, 0.1) is 0 Å². The fourth-order valence-corrected chi connectivity index (χ4v) is 2.08. The van der Waals surface area contributed by atoms with Gasteiger partial charge in [0.15, 0.2) is 0 Å². The van der Waals surface area contributed by atoms with E-state index in [0.717, 1.165) is 11.8 Å². The van der Waals surface area contributed by atoms with Gasteiger partial charge in [-0.1, -0.05) is 45.0 Å². The standard InChI is InChI=1S/C17H20O2/c1-5-17(3,4)15-8-6-14-11-16(19-12(2)18)9-7-13(14)10-15/h6-11H,5H2,1-4H3. The summed E-state index contributed by atoms with van der Waals surface area (Å²) in [5.41, 5.74) is 1.52. The molecule has 0 radical (unpaired) electrons. The lowest BCUT2D eigenvalue weighted by molar-refractivity contribution is -0.131. The number of benzene rings is 2. The molecule has 2 aromatic rings. The van der Waals surface area contributed by atoms with Crippen molar-refractivity contribution in [3.8, 4) is 5.75 Å². The Balaban J connectivity index is 2.43. The summed E-state index contributed by atoms with van der Waals surface area (Å²) < 4.78 is 5.10. The predicted molar refractivity (Wildman–Crippen MR) is 78.6 cm³/mol. The van der Waals surface area contributed by atoms with Gasteiger partial charge in [-0.2, -0.15) is 0 Å². The van der Waals surface area contributed by atoms with Gasteiger partial charge in [-0.15, -0.1) is 0 Å². The Morgan fingerprint density at radius 3 is 2.37 bits per heavy atom. The van der Waals surface area contributed by atoms with Gasteiger partial charge in [-0.05, 0) is 40.3 Å². The molecule has 100 valence electrons. The van der Waals surface area contributed by atoms with Crippen LogP contribution in [0.3, 0.4) is 0 Å². The van der Waals surface area contributed by atoms with Gasteiger partial charge >= 0.3 is 5.97 Å². The Hall–Kier alpha value is -1.83. The minimum absolute atomic E-state index is 0.183. The van der Waals surface area contributed by atoms with Crippen LogP contribution in [0.5, 0.6) is 5.75 Å². The van der Waals surface area contributed by atoms with Crippen LogP contribution in [0.4, 0.5) is 0 Å². The molecule has 2 aromatic carbocycles. The van der Waals surface area contributed by atoms with E-state index in [2.05, 4.69) is 39.0 Å². The first-order chi connectivity index (χ1) is 8.92. The first kappa shape index (κ1) is 13.6. The Labute approximate surface area is 114 Å². The number of ether oxygens (including phenoxy) is 1. The maximum atomic E-state index is 11.0. The van der Waals surface area contributed by atoms with Crippen LogP contribution in [0.2, 0.25) is 0 Å². The molecule has 0 unspecified atom stereocenters. The molecule has 0 heterocycles. The van der Waals surface area contributed by atoms with Crippen molar-refractivity contribution in [2.75, 3.05) is 0 Å². The monoisotopic (exact) mass is 256 g/mol. The van der Waals surface area contributed by atoms with Gasteiger partial charge in [0.1, 0.15) is 5.75 Å². The van der Waals surface area contributed by atoms with Crippen LogP contribution in [-0.2, 0) is 10.2 Å². The van der Waals surface area contributed by atoms with Crippen molar-refractivity contribution >= 4 is 16.7 Å². The van der Waals surface area contributed by atoms with Crippen molar-refractivity contribution in [2.24, 2.45) is 0 Å².